The first-order valence-electron chi connectivity index (χ1n) is 5.69. The van der Waals surface area contributed by atoms with Crippen LogP contribution >= 0.6 is 31.4 Å². The molecule has 0 fully saturated rings. The van der Waals surface area contributed by atoms with Crippen LogP contribution in [-0.4, -0.2) is 19.9 Å². The summed E-state index contributed by atoms with van der Waals surface area (Å²) in [6.07, 6.45) is 0. The standard InChI is InChI=1S/C12H14N4S3/c1-7-5-8(2)14-11(13-7)17-19-18-12-15-9(3)6-10(4)16-12/h5-6H,1-4H3. The lowest BCUT2D eigenvalue weighted by molar-refractivity contribution is 0.906. The Morgan fingerprint density at radius 3 is 1.26 bits per heavy atom. The van der Waals surface area contributed by atoms with Gasteiger partial charge < -0.3 is 0 Å². The molecule has 0 aliphatic heterocycles. The van der Waals surface area contributed by atoms with E-state index in [0.717, 1.165) is 33.1 Å². The van der Waals surface area contributed by atoms with Crippen molar-refractivity contribution in [2.45, 2.75) is 38.0 Å². The molecule has 2 aromatic heterocycles. The molecule has 7 heteroatoms. The van der Waals surface area contributed by atoms with Gasteiger partial charge in [-0.25, -0.2) is 19.9 Å². The van der Waals surface area contributed by atoms with Crippen molar-refractivity contribution in [1.82, 2.24) is 19.9 Å². The Kier molecular flexibility index (Phi) is 5.06. The lowest BCUT2D eigenvalue weighted by atomic mass is 10.4. The lowest BCUT2D eigenvalue weighted by Crippen LogP contribution is -1.92. The van der Waals surface area contributed by atoms with Gasteiger partial charge >= 0.3 is 0 Å². The van der Waals surface area contributed by atoms with Crippen molar-refractivity contribution in [3.63, 3.8) is 0 Å². The van der Waals surface area contributed by atoms with Crippen LogP contribution in [0.5, 0.6) is 0 Å². The molecular weight excluding hydrogens is 296 g/mol. The van der Waals surface area contributed by atoms with Crippen LogP contribution in [0.4, 0.5) is 0 Å². The highest BCUT2D eigenvalue weighted by Gasteiger charge is 2.05. The normalized spacial score (nSPS) is 10.7. The zero-order chi connectivity index (χ0) is 13.8. The van der Waals surface area contributed by atoms with Gasteiger partial charge in [0.15, 0.2) is 10.3 Å². The summed E-state index contributed by atoms with van der Waals surface area (Å²) in [6, 6.07) is 3.93. The summed E-state index contributed by atoms with van der Waals surface area (Å²) in [5.74, 6) is 0. The van der Waals surface area contributed by atoms with Gasteiger partial charge in [-0.2, -0.15) is 0 Å². The Hall–Kier alpha value is -0.790. The second kappa shape index (κ2) is 6.58. The van der Waals surface area contributed by atoms with Gasteiger partial charge in [0.25, 0.3) is 0 Å². The lowest BCUT2D eigenvalue weighted by Gasteiger charge is -2.02. The van der Waals surface area contributed by atoms with Gasteiger partial charge in [-0.3, -0.25) is 0 Å². The van der Waals surface area contributed by atoms with Crippen LogP contribution in [0, 0.1) is 27.7 Å². The van der Waals surface area contributed by atoms with Crippen molar-refractivity contribution in [2.24, 2.45) is 0 Å². The first-order valence-corrected chi connectivity index (χ1v) is 9.17. The van der Waals surface area contributed by atoms with Crippen molar-refractivity contribution in [1.29, 1.82) is 0 Å². The summed E-state index contributed by atoms with van der Waals surface area (Å²) >= 11 is 0. The molecule has 19 heavy (non-hydrogen) atoms. The Labute approximate surface area is 124 Å². The first kappa shape index (κ1) is 14.6. The molecule has 0 spiro atoms. The van der Waals surface area contributed by atoms with Crippen LogP contribution in [0.15, 0.2) is 22.4 Å². The van der Waals surface area contributed by atoms with Crippen LogP contribution in [0.25, 0.3) is 0 Å². The number of aromatic nitrogens is 4. The molecule has 2 rings (SSSR count). The molecule has 0 aliphatic rings. The van der Waals surface area contributed by atoms with Crippen LogP contribution < -0.4 is 0 Å². The molecule has 2 heterocycles. The topological polar surface area (TPSA) is 51.6 Å². The summed E-state index contributed by atoms with van der Waals surface area (Å²) in [5.41, 5.74) is 3.96. The predicted octanol–water partition coefficient (Wildman–Crippen LogP) is 3.95. The maximum atomic E-state index is 4.38. The highest BCUT2D eigenvalue weighted by atomic mass is 33.5. The Balaban J connectivity index is 1.96. The molecule has 0 unspecified atom stereocenters. The van der Waals surface area contributed by atoms with E-state index in [0.29, 0.717) is 0 Å². The van der Waals surface area contributed by atoms with Crippen LogP contribution in [0.3, 0.4) is 0 Å². The average molecular weight is 310 g/mol. The minimum Gasteiger partial charge on any atom is -0.227 e. The second-order valence-electron chi connectivity index (χ2n) is 4.10. The fraction of sp³-hybridized carbons (Fsp3) is 0.333. The fourth-order valence-electron chi connectivity index (χ4n) is 1.54. The van der Waals surface area contributed by atoms with Gasteiger partial charge in [-0.05, 0) is 71.2 Å². The van der Waals surface area contributed by atoms with Crippen LogP contribution in [0.1, 0.15) is 22.8 Å². The average Bonchev–Trinajstić information content (AvgIpc) is 2.26. The van der Waals surface area contributed by atoms with Gasteiger partial charge in [0.2, 0.25) is 0 Å². The minimum atomic E-state index is 0.777. The molecule has 0 bridgehead atoms. The number of hydrogen-bond acceptors (Lipinski definition) is 7. The highest BCUT2D eigenvalue weighted by Crippen LogP contribution is 2.41. The molecule has 0 amide bonds. The van der Waals surface area contributed by atoms with E-state index in [1.165, 1.54) is 21.6 Å². The summed E-state index contributed by atoms with van der Waals surface area (Å²) in [4.78, 5) is 17.5. The first-order chi connectivity index (χ1) is 9.02. The summed E-state index contributed by atoms with van der Waals surface area (Å²) in [6.45, 7) is 7.90. The van der Waals surface area contributed by atoms with E-state index in [1.807, 2.05) is 39.8 Å². The third kappa shape index (κ3) is 4.67. The number of rotatable bonds is 4. The van der Waals surface area contributed by atoms with E-state index < -0.39 is 0 Å². The summed E-state index contributed by atoms with van der Waals surface area (Å²) < 4.78 is 0. The van der Waals surface area contributed by atoms with E-state index in [-0.39, 0.29) is 0 Å². The molecule has 2 aromatic rings. The maximum Gasteiger partial charge on any atom is 0.199 e. The van der Waals surface area contributed by atoms with Gasteiger partial charge in [0.05, 0.1) is 0 Å². The van der Waals surface area contributed by atoms with Crippen molar-refractivity contribution in [3.05, 3.63) is 34.9 Å². The van der Waals surface area contributed by atoms with E-state index in [2.05, 4.69) is 19.9 Å². The van der Waals surface area contributed by atoms with Gasteiger partial charge in [-0.1, -0.05) is 0 Å². The fourth-order valence-corrected chi connectivity index (χ4v) is 4.74. The van der Waals surface area contributed by atoms with Gasteiger partial charge in [0.1, 0.15) is 0 Å². The number of nitrogens with zero attached hydrogens (tertiary/aromatic N) is 4. The van der Waals surface area contributed by atoms with E-state index in [4.69, 9.17) is 0 Å². The van der Waals surface area contributed by atoms with Gasteiger partial charge in [-0.15, -0.1) is 0 Å². The van der Waals surface area contributed by atoms with E-state index >= 15 is 0 Å². The molecule has 0 N–H and O–H groups in total. The predicted molar refractivity (Wildman–Crippen MR) is 82.3 cm³/mol. The van der Waals surface area contributed by atoms with Crippen molar-refractivity contribution < 1.29 is 0 Å². The monoisotopic (exact) mass is 310 g/mol. The Morgan fingerprint density at radius 1 is 0.632 bits per heavy atom. The molecule has 0 radical (unpaired) electrons. The number of aryl methyl sites for hydroxylation is 4. The van der Waals surface area contributed by atoms with Crippen LogP contribution in [0.2, 0.25) is 0 Å². The quantitative estimate of drug-likeness (QED) is 0.626. The second-order valence-corrected chi connectivity index (χ2v) is 7.93. The van der Waals surface area contributed by atoms with Crippen molar-refractivity contribution in [2.75, 3.05) is 0 Å². The largest absolute Gasteiger partial charge is 0.227 e. The van der Waals surface area contributed by atoms with E-state index in [9.17, 15) is 0 Å². The summed E-state index contributed by atoms with van der Waals surface area (Å²) in [5, 5.41) is 1.55. The minimum absolute atomic E-state index is 0.777. The third-order valence-electron chi connectivity index (χ3n) is 2.14. The molecule has 0 saturated heterocycles. The summed E-state index contributed by atoms with van der Waals surface area (Å²) in [7, 11) is 4.64. The molecule has 4 nitrogen and oxygen atoms in total. The Bertz CT molecular complexity index is 497. The molecule has 0 aromatic carbocycles. The zero-order valence-electron chi connectivity index (χ0n) is 11.2. The van der Waals surface area contributed by atoms with Crippen molar-refractivity contribution in [3.8, 4) is 0 Å². The maximum absolute atomic E-state index is 4.38. The van der Waals surface area contributed by atoms with E-state index in [1.54, 1.807) is 9.83 Å². The smallest absolute Gasteiger partial charge is 0.199 e. The van der Waals surface area contributed by atoms with Gasteiger partial charge in [0, 0.05) is 22.8 Å². The molecule has 0 atom stereocenters. The zero-order valence-corrected chi connectivity index (χ0v) is 13.6. The molecule has 0 aliphatic carbocycles. The number of hydrogen-bond donors (Lipinski definition) is 0. The SMILES string of the molecule is Cc1cc(C)nc(SSSc2nc(C)cc(C)n2)n1. The molecule has 100 valence electrons. The van der Waals surface area contributed by atoms with Crippen molar-refractivity contribution >= 4 is 31.4 Å². The third-order valence-corrected chi connectivity index (χ3v) is 5.47. The Morgan fingerprint density at radius 2 is 0.947 bits per heavy atom. The highest BCUT2D eigenvalue weighted by molar-refractivity contribution is 9.09. The molecular formula is C12H14N4S3. The molecule has 0 saturated carbocycles. The van der Waals surface area contributed by atoms with Crippen LogP contribution in [-0.2, 0) is 0 Å².